The van der Waals surface area contributed by atoms with Gasteiger partial charge in [0.05, 0.1) is 4.90 Å². The Labute approximate surface area is 140 Å². The van der Waals surface area contributed by atoms with E-state index in [9.17, 15) is 17.6 Å². The Morgan fingerprint density at radius 1 is 1.04 bits per heavy atom. The molecule has 0 fully saturated rings. The van der Waals surface area contributed by atoms with Crippen LogP contribution >= 0.6 is 0 Å². The molecule has 0 saturated carbocycles. The van der Waals surface area contributed by atoms with Gasteiger partial charge in [-0.1, -0.05) is 18.2 Å². The monoisotopic (exact) mass is 352 g/mol. The van der Waals surface area contributed by atoms with Crippen LogP contribution in [0.4, 0.5) is 4.39 Å². The van der Waals surface area contributed by atoms with E-state index in [-0.39, 0.29) is 23.5 Å². The standard InChI is InChI=1S/C17H17FO5S/c18-14-9-11-15(12-10-14)22-17(8-4-5-13-19)23-24(20,21)16-6-2-1-3-7-16/h1-3,6-7,9-13,17H,4-5,8H2. The van der Waals surface area contributed by atoms with Gasteiger partial charge in [0.1, 0.15) is 17.9 Å². The summed E-state index contributed by atoms with van der Waals surface area (Å²) in [7, 11) is -4.01. The summed E-state index contributed by atoms with van der Waals surface area (Å²) in [4.78, 5) is 10.5. The van der Waals surface area contributed by atoms with E-state index >= 15 is 0 Å². The van der Waals surface area contributed by atoms with Crippen molar-refractivity contribution < 1.29 is 26.5 Å². The molecule has 0 aliphatic carbocycles. The van der Waals surface area contributed by atoms with Gasteiger partial charge in [-0.15, -0.1) is 0 Å². The van der Waals surface area contributed by atoms with Crippen molar-refractivity contribution in [3.05, 3.63) is 60.4 Å². The van der Waals surface area contributed by atoms with Gasteiger partial charge in [0, 0.05) is 12.8 Å². The van der Waals surface area contributed by atoms with Crippen molar-refractivity contribution in [3.63, 3.8) is 0 Å². The molecule has 0 N–H and O–H groups in total. The Hall–Kier alpha value is -2.25. The van der Waals surface area contributed by atoms with E-state index in [1.54, 1.807) is 18.2 Å². The number of rotatable bonds is 9. The van der Waals surface area contributed by atoms with Crippen molar-refractivity contribution >= 4 is 16.4 Å². The van der Waals surface area contributed by atoms with E-state index in [1.807, 2.05) is 0 Å². The average molecular weight is 352 g/mol. The smallest absolute Gasteiger partial charge is 0.300 e. The van der Waals surface area contributed by atoms with Gasteiger partial charge in [-0.25, -0.2) is 8.57 Å². The zero-order chi connectivity index (χ0) is 17.4. The molecule has 0 heterocycles. The molecule has 0 aliphatic heterocycles. The third kappa shape index (κ3) is 5.43. The average Bonchev–Trinajstić information content (AvgIpc) is 2.57. The van der Waals surface area contributed by atoms with E-state index in [0.29, 0.717) is 6.42 Å². The number of hydrogen-bond donors (Lipinski definition) is 0. The van der Waals surface area contributed by atoms with Crippen LogP contribution in [0.3, 0.4) is 0 Å². The minimum absolute atomic E-state index is 0.00749. The molecule has 7 heteroatoms. The second-order valence-electron chi connectivity index (χ2n) is 4.96. The minimum Gasteiger partial charge on any atom is -0.464 e. The Kier molecular flexibility index (Phi) is 6.45. The van der Waals surface area contributed by atoms with Crippen LogP contribution in [0.5, 0.6) is 5.75 Å². The Balaban J connectivity index is 2.13. The largest absolute Gasteiger partial charge is 0.464 e. The molecular formula is C17H17FO5S. The molecular weight excluding hydrogens is 335 g/mol. The second-order valence-corrected chi connectivity index (χ2v) is 6.53. The number of unbranched alkanes of at least 4 members (excludes halogenated alkanes) is 1. The highest BCUT2D eigenvalue weighted by molar-refractivity contribution is 7.86. The lowest BCUT2D eigenvalue weighted by Gasteiger charge is -2.19. The number of carbonyl (C=O) groups is 1. The van der Waals surface area contributed by atoms with Crippen LogP contribution in [0, 0.1) is 5.82 Å². The zero-order valence-electron chi connectivity index (χ0n) is 12.8. The minimum atomic E-state index is -4.01. The summed E-state index contributed by atoms with van der Waals surface area (Å²) in [5, 5.41) is 0. The number of benzene rings is 2. The fourth-order valence-corrected chi connectivity index (χ4v) is 2.96. The maximum Gasteiger partial charge on any atom is 0.300 e. The van der Waals surface area contributed by atoms with Gasteiger partial charge in [-0.3, -0.25) is 0 Å². The van der Waals surface area contributed by atoms with E-state index in [1.165, 1.54) is 36.4 Å². The van der Waals surface area contributed by atoms with Gasteiger partial charge < -0.3 is 9.53 Å². The number of carbonyl (C=O) groups excluding carboxylic acids is 1. The van der Waals surface area contributed by atoms with Crippen molar-refractivity contribution in [2.24, 2.45) is 0 Å². The van der Waals surface area contributed by atoms with Crippen LogP contribution in [0.1, 0.15) is 19.3 Å². The lowest BCUT2D eigenvalue weighted by molar-refractivity contribution is -0.108. The highest BCUT2D eigenvalue weighted by Crippen LogP contribution is 2.20. The van der Waals surface area contributed by atoms with Gasteiger partial charge in [-0.2, -0.15) is 8.42 Å². The molecule has 1 atom stereocenters. The summed E-state index contributed by atoms with van der Waals surface area (Å²) >= 11 is 0. The first kappa shape index (κ1) is 18.1. The zero-order valence-corrected chi connectivity index (χ0v) is 13.6. The molecule has 0 aromatic heterocycles. The van der Waals surface area contributed by atoms with Crippen molar-refractivity contribution in [1.29, 1.82) is 0 Å². The normalized spacial score (nSPS) is 12.5. The lowest BCUT2D eigenvalue weighted by Crippen LogP contribution is -2.24. The summed E-state index contributed by atoms with van der Waals surface area (Å²) in [5.74, 6) is -0.159. The molecule has 2 rings (SSSR count). The first-order valence-electron chi connectivity index (χ1n) is 7.35. The number of hydrogen-bond acceptors (Lipinski definition) is 5. The molecule has 2 aromatic carbocycles. The van der Waals surface area contributed by atoms with Crippen LogP contribution in [0.15, 0.2) is 59.5 Å². The summed E-state index contributed by atoms with van der Waals surface area (Å²) in [6.07, 6.45) is 0.487. The summed E-state index contributed by atoms with van der Waals surface area (Å²) in [5.41, 5.74) is 0. The highest BCUT2D eigenvalue weighted by Gasteiger charge is 2.23. The summed E-state index contributed by atoms with van der Waals surface area (Å²) < 4.78 is 48.2. The van der Waals surface area contributed by atoms with Gasteiger partial charge in [0.15, 0.2) is 0 Å². The number of aldehydes is 1. The van der Waals surface area contributed by atoms with Crippen molar-refractivity contribution in [1.82, 2.24) is 0 Å². The maximum absolute atomic E-state index is 12.9. The van der Waals surface area contributed by atoms with Crippen LogP contribution < -0.4 is 4.74 Å². The van der Waals surface area contributed by atoms with Gasteiger partial charge in [0.25, 0.3) is 10.1 Å². The molecule has 0 bridgehead atoms. The summed E-state index contributed by atoms with van der Waals surface area (Å²) in [6.45, 7) is 0. The number of halogens is 1. The van der Waals surface area contributed by atoms with Gasteiger partial charge in [0.2, 0.25) is 6.29 Å². The molecule has 0 aliphatic rings. The topological polar surface area (TPSA) is 69.7 Å². The molecule has 0 spiro atoms. The molecule has 5 nitrogen and oxygen atoms in total. The molecule has 2 aromatic rings. The molecule has 24 heavy (non-hydrogen) atoms. The van der Waals surface area contributed by atoms with E-state index in [4.69, 9.17) is 8.92 Å². The van der Waals surface area contributed by atoms with E-state index in [0.717, 1.165) is 6.29 Å². The van der Waals surface area contributed by atoms with Gasteiger partial charge in [-0.05, 0) is 42.8 Å². The van der Waals surface area contributed by atoms with Crippen molar-refractivity contribution in [2.75, 3.05) is 0 Å². The van der Waals surface area contributed by atoms with Gasteiger partial charge >= 0.3 is 0 Å². The Bertz CT molecular complexity index is 744. The van der Waals surface area contributed by atoms with E-state index < -0.39 is 22.2 Å². The molecule has 128 valence electrons. The van der Waals surface area contributed by atoms with E-state index in [2.05, 4.69) is 0 Å². The Morgan fingerprint density at radius 3 is 2.33 bits per heavy atom. The lowest BCUT2D eigenvalue weighted by atomic mass is 10.2. The molecule has 0 amide bonds. The fraction of sp³-hybridized carbons (Fsp3) is 0.235. The predicted octanol–water partition coefficient (Wildman–Crippen LogP) is 3.31. The quantitative estimate of drug-likeness (QED) is 0.300. The van der Waals surface area contributed by atoms with Crippen LogP contribution in [-0.4, -0.2) is 21.0 Å². The third-order valence-electron chi connectivity index (χ3n) is 3.11. The van der Waals surface area contributed by atoms with Crippen molar-refractivity contribution in [3.8, 4) is 5.75 Å². The van der Waals surface area contributed by atoms with Crippen molar-refractivity contribution in [2.45, 2.75) is 30.4 Å². The van der Waals surface area contributed by atoms with Crippen LogP contribution in [0.25, 0.3) is 0 Å². The molecule has 0 saturated heterocycles. The Morgan fingerprint density at radius 2 is 1.71 bits per heavy atom. The SMILES string of the molecule is O=CCCCC(Oc1ccc(F)cc1)OS(=O)(=O)c1ccccc1. The molecule has 1 unspecified atom stereocenters. The van der Waals surface area contributed by atoms with Crippen LogP contribution in [-0.2, 0) is 19.1 Å². The first-order chi connectivity index (χ1) is 11.5. The number of ether oxygens (including phenoxy) is 1. The second kappa shape index (κ2) is 8.56. The predicted molar refractivity (Wildman–Crippen MR) is 85.4 cm³/mol. The first-order valence-corrected chi connectivity index (χ1v) is 8.76. The highest BCUT2D eigenvalue weighted by atomic mass is 32.2. The maximum atomic E-state index is 12.9. The van der Waals surface area contributed by atoms with Crippen LogP contribution in [0.2, 0.25) is 0 Å². The third-order valence-corrected chi connectivity index (χ3v) is 4.43. The molecule has 0 radical (unpaired) electrons. The fourth-order valence-electron chi connectivity index (χ4n) is 1.94. The summed E-state index contributed by atoms with van der Waals surface area (Å²) in [6, 6.07) is 12.8.